The summed E-state index contributed by atoms with van der Waals surface area (Å²) in [5.74, 6) is 1.06. The lowest BCUT2D eigenvalue weighted by Gasteiger charge is -2.54. The molecule has 1 saturated heterocycles. The van der Waals surface area contributed by atoms with E-state index in [0.717, 1.165) is 38.5 Å². The van der Waals surface area contributed by atoms with Gasteiger partial charge in [0.05, 0.1) is 17.8 Å². The molecule has 1 aromatic carbocycles. The zero-order valence-electron chi connectivity index (χ0n) is 21.6. The van der Waals surface area contributed by atoms with Gasteiger partial charge in [0.2, 0.25) is 0 Å². The van der Waals surface area contributed by atoms with Gasteiger partial charge in [-0.3, -0.25) is 4.98 Å². The van der Waals surface area contributed by atoms with Gasteiger partial charge in [-0.15, -0.1) is 0 Å². The maximum atomic E-state index is 10.7. The number of methoxy groups -OCH3 is 1. The third-order valence-electron chi connectivity index (χ3n) is 10.7. The lowest BCUT2D eigenvalue weighted by Crippen LogP contribution is -2.55. The van der Waals surface area contributed by atoms with Crippen LogP contribution in [-0.2, 0) is 9.47 Å². The number of allylic oxidation sites excluding steroid dienone is 1. The summed E-state index contributed by atoms with van der Waals surface area (Å²) < 4.78 is 12.6. The largest absolute Gasteiger partial charge is 0.383 e. The van der Waals surface area contributed by atoms with Gasteiger partial charge in [-0.25, -0.2) is 0 Å². The summed E-state index contributed by atoms with van der Waals surface area (Å²) in [6.45, 7) is 3.63. The standard InChI is InChI=1S/C31H38N2O3/c1-29-11-9-25-18-24-5-6-26(33(34)15-16-35-2)19-30(24)12-13-31(25,36-30)28(29)8-7-27(29)22-4-3-21-10-14-32-20-23(21)17-22/h3-4,9-10,14,17-18,20,26-28,34H,5-8,11-13,15-16,19H2,1-2H3/t26?,27?,28-,29?,30-,31-/m1/s1. The van der Waals surface area contributed by atoms with E-state index in [0.29, 0.717) is 25.0 Å². The molecule has 0 amide bonds. The number of hydrogen-bond acceptors (Lipinski definition) is 5. The Morgan fingerprint density at radius 1 is 1.17 bits per heavy atom. The van der Waals surface area contributed by atoms with Gasteiger partial charge in [0.25, 0.3) is 0 Å². The van der Waals surface area contributed by atoms with Gasteiger partial charge >= 0.3 is 0 Å². The highest BCUT2D eigenvalue weighted by molar-refractivity contribution is 5.82. The minimum atomic E-state index is -0.209. The van der Waals surface area contributed by atoms with Crippen LogP contribution in [0.25, 0.3) is 10.8 Å². The molecule has 2 aromatic rings. The number of ether oxygens (including phenoxy) is 2. The Bertz CT molecular complexity index is 1260. The summed E-state index contributed by atoms with van der Waals surface area (Å²) in [5.41, 5.74) is 4.19. The van der Waals surface area contributed by atoms with Gasteiger partial charge in [-0.05, 0) is 103 Å². The average molecular weight is 487 g/mol. The van der Waals surface area contributed by atoms with Gasteiger partial charge in [0, 0.05) is 37.5 Å². The zero-order chi connectivity index (χ0) is 24.5. The Balaban J connectivity index is 1.21. The number of fused-ring (bicyclic) bond motifs is 2. The van der Waals surface area contributed by atoms with Crippen molar-refractivity contribution < 1.29 is 14.7 Å². The van der Waals surface area contributed by atoms with Crippen LogP contribution in [0.5, 0.6) is 0 Å². The number of hydrogen-bond donors (Lipinski definition) is 1. The fourth-order valence-corrected chi connectivity index (χ4v) is 8.87. The van der Waals surface area contributed by atoms with Crippen molar-refractivity contribution in [1.29, 1.82) is 0 Å². The highest BCUT2D eigenvalue weighted by Crippen LogP contribution is 2.69. The van der Waals surface area contributed by atoms with Crippen molar-refractivity contribution in [2.75, 3.05) is 20.3 Å². The van der Waals surface area contributed by atoms with E-state index in [1.54, 1.807) is 7.11 Å². The number of hydroxylamine groups is 2. The van der Waals surface area contributed by atoms with Crippen LogP contribution in [0, 0.1) is 11.3 Å². The second-order valence-corrected chi connectivity index (χ2v) is 12.2. The van der Waals surface area contributed by atoms with Gasteiger partial charge in [0.15, 0.2) is 0 Å². The Morgan fingerprint density at radius 2 is 2.08 bits per heavy atom. The molecule has 3 unspecified atom stereocenters. The molecule has 190 valence electrons. The molecule has 1 aromatic heterocycles. The van der Waals surface area contributed by atoms with E-state index in [-0.39, 0.29) is 22.7 Å². The van der Waals surface area contributed by atoms with Gasteiger partial charge < -0.3 is 14.7 Å². The first-order chi connectivity index (χ1) is 17.5. The maximum absolute atomic E-state index is 10.7. The molecular weight excluding hydrogens is 448 g/mol. The van der Waals surface area contributed by atoms with Crippen molar-refractivity contribution in [1.82, 2.24) is 10.0 Å². The van der Waals surface area contributed by atoms with E-state index in [2.05, 4.69) is 48.3 Å². The highest BCUT2D eigenvalue weighted by Gasteiger charge is 2.66. The predicted octanol–water partition coefficient (Wildman–Crippen LogP) is 6.18. The molecule has 6 atom stereocenters. The molecule has 2 spiro atoms. The third kappa shape index (κ3) is 3.19. The predicted molar refractivity (Wildman–Crippen MR) is 140 cm³/mol. The minimum Gasteiger partial charge on any atom is -0.383 e. The smallest absolute Gasteiger partial charge is 0.0974 e. The fraction of sp³-hybridized carbons (Fsp3) is 0.581. The molecule has 2 saturated carbocycles. The Hall–Kier alpha value is -2.05. The van der Waals surface area contributed by atoms with Crippen LogP contribution in [0.1, 0.15) is 69.8 Å². The summed E-state index contributed by atoms with van der Waals surface area (Å²) in [4.78, 5) is 4.37. The Labute approximate surface area is 214 Å². The fourth-order valence-electron chi connectivity index (χ4n) is 8.87. The molecule has 0 radical (unpaired) electrons. The lowest BCUT2D eigenvalue weighted by molar-refractivity contribution is -0.180. The molecule has 3 fully saturated rings. The summed E-state index contributed by atoms with van der Waals surface area (Å²) in [7, 11) is 1.69. The molecule has 1 N–H and O–H groups in total. The van der Waals surface area contributed by atoms with Crippen molar-refractivity contribution in [3.8, 4) is 0 Å². The molecule has 7 rings (SSSR count). The Morgan fingerprint density at radius 3 is 2.97 bits per heavy atom. The SMILES string of the molecule is COCCN(O)C1CCC2=CC3=CCC4(C)C(c5ccc6ccncc6c5)CC[C@H]4[C@@]34CC[C@]2(C1)O4. The second kappa shape index (κ2) is 8.22. The summed E-state index contributed by atoms with van der Waals surface area (Å²) in [6, 6.07) is 9.25. The molecule has 5 aliphatic rings. The van der Waals surface area contributed by atoms with E-state index in [1.165, 1.54) is 45.4 Å². The topological polar surface area (TPSA) is 54.8 Å². The van der Waals surface area contributed by atoms with Crippen molar-refractivity contribution >= 4 is 10.8 Å². The van der Waals surface area contributed by atoms with Crippen molar-refractivity contribution in [3.63, 3.8) is 0 Å². The summed E-state index contributed by atoms with van der Waals surface area (Å²) in [5, 5.41) is 14.8. The molecule has 2 aliphatic heterocycles. The first-order valence-electron chi connectivity index (χ1n) is 13.9. The summed E-state index contributed by atoms with van der Waals surface area (Å²) in [6.07, 6.45) is 17.5. The van der Waals surface area contributed by atoms with Crippen molar-refractivity contribution in [3.05, 3.63) is 65.5 Å². The zero-order valence-corrected chi connectivity index (χ0v) is 21.6. The van der Waals surface area contributed by atoms with E-state index >= 15 is 0 Å². The van der Waals surface area contributed by atoms with E-state index in [9.17, 15) is 5.21 Å². The number of rotatable bonds is 5. The van der Waals surface area contributed by atoms with Crippen LogP contribution in [-0.4, -0.2) is 52.8 Å². The van der Waals surface area contributed by atoms with E-state index in [1.807, 2.05) is 12.4 Å². The highest BCUT2D eigenvalue weighted by atomic mass is 16.5. The van der Waals surface area contributed by atoms with E-state index in [4.69, 9.17) is 9.47 Å². The quantitative estimate of drug-likeness (QED) is 0.511. The monoisotopic (exact) mass is 486 g/mol. The first kappa shape index (κ1) is 23.1. The van der Waals surface area contributed by atoms with Crippen molar-refractivity contribution in [2.24, 2.45) is 11.3 Å². The number of benzene rings is 1. The normalized spacial score (nSPS) is 38.9. The van der Waals surface area contributed by atoms with Crippen LogP contribution >= 0.6 is 0 Å². The summed E-state index contributed by atoms with van der Waals surface area (Å²) >= 11 is 0. The minimum absolute atomic E-state index is 0.135. The molecule has 2 bridgehead atoms. The van der Waals surface area contributed by atoms with Crippen LogP contribution in [0.4, 0.5) is 0 Å². The molecule has 36 heavy (non-hydrogen) atoms. The first-order valence-corrected chi connectivity index (χ1v) is 13.9. The van der Waals surface area contributed by atoms with Crippen LogP contribution < -0.4 is 0 Å². The second-order valence-electron chi connectivity index (χ2n) is 12.2. The molecule has 5 heteroatoms. The number of nitrogens with zero attached hydrogens (tertiary/aromatic N) is 2. The Kier molecular flexibility index (Phi) is 5.28. The van der Waals surface area contributed by atoms with Crippen molar-refractivity contribution in [2.45, 2.75) is 81.5 Å². The van der Waals surface area contributed by atoms with Gasteiger partial charge in [-0.2, -0.15) is 5.06 Å². The molecular formula is C31H38N2O3. The average Bonchev–Trinajstić information content (AvgIpc) is 3.41. The molecule has 5 nitrogen and oxygen atoms in total. The lowest BCUT2D eigenvalue weighted by atomic mass is 9.58. The number of aromatic nitrogens is 1. The third-order valence-corrected chi connectivity index (χ3v) is 10.7. The van der Waals surface area contributed by atoms with Gasteiger partial charge in [0.1, 0.15) is 0 Å². The molecule has 3 heterocycles. The number of pyridine rings is 1. The van der Waals surface area contributed by atoms with Gasteiger partial charge in [-0.1, -0.05) is 31.2 Å². The maximum Gasteiger partial charge on any atom is 0.0974 e. The van der Waals surface area contributed by atoms with Crippen LogP contribution in [0.2, 0.25) is 0 Å². The molecule has 3 aliphatic carbocycles. The van der Waals surface area contributed by atoms with Crippen LogP contribution in [0.3, 0.4) is 0 Å². The van der Waals surface area contributed by atoms with Crippen LogP contribution in [0.15, 0.2) is 60.0 Å². The van der Waals surface area contributed by atoms with E-state index < -0.39 is 0 Å².